The van der Waals surface area contributed by atoms with E-state index in [9.17, 15) is 14.7 Å². The van der Waals surface area contributed by atoms with E-state index >= 15 is 0 Å². The van der Waals surface area contributed by atoms with Crippen LogP contribution in [0.5, 0.6) is 0 Å². The first-order valence-corrected chi connectivity index (χ1v) is 38.7. The van der Waals surface area contributed by atoms with Gasteiger partial charge in [0.1, 0.15) is 6.61 Å². The Morgan fingerprint density at radius 3 is 0.733 bits per heavy atom. The number of rotatable bonds is 71. The minimum absolute atomic E-state index is 0.0697. The lowest BCUT2D eigenvalue weighted by Gasteiger charge is -2.15. The van der Waals surface area contributed by atoms with Crippen LogP contribution < -0.4 is 0 Å². The van der Waals surface area contributed by atoms with Crippen LogP contribution >= 0.6 is 0 Å². The molecule has 5 heteroatoms. The third-order valence-electron chi connectivity index (χ3n) is 16.9. The molecular weight excluding hydrogens is 1100 g/mol. The van der Waals surface area contributed by atoms with Crippen molar-refractivity contribution >= 4 is 11.9 Å². The maximum Gasteiger partial charge on any atom is 0.306 e. The summed E-state index contributed by atoms with van der Waals surface area (Å²) >= 11 is 0. The molecule has 5 nitrogen and oxygen atoms in total. The summed E-state index contributed by atoms with van der Waals surface area (Å²) in [4.78, 5) is 24.7. The highest BCUT2D eigenvalue weighted by atomic mass is 16.6. The smallest absolute Gasteiger partial charge is 0.306 e. The van der Waals surface area contributed by atoms with Gasteiger partial charge < -0.3 is 14.6 Å². The maximum absolute atomic E-state index is 12.4. The van der Waals surface area contributed by atoms with Crippen LogP contribution in [0.25, 0.3) is 0 Å². The average molecular weight is 1250 g/mol. The molecule has 0 aliphatic carbocycles. The Hall–Kier alpha value is -3.96. The van der Waals surface area contributed by atoms with Crippen molar-refractivity contribution in [3.63, 3.8) is 0 Å². The number of carbonyl (C=O) groups is 2. The molecule has 516 valence electrons. The number of esters is 2. The average Bonchev–Trinajstić information content (AvgIpc) is 3.60. The van der Waals surface area contributed by atoms with E-state index in [1.807, 2.05) is 0 Å². The molecule has 0 bridgehead atoms. The molecule has 0 amide bonds. The van der Waals surface area contributed by atoms with Gasteiger partial charge in [-0.05, 0) is 116 Å². The third-order valence-corrected chi connectivity index (χ3v) is 16.9. The molecule has 0 aromatic carbocycles. The molecule has 0 heterocycles. The predicted octanol–water partition coefficient (Wildman–Crippen LogP) is 27.4. The molecule has 0 spiro atoms. The zero-order valence-corrected chi connectivity index (χ0v) is 59.4. The minimum atomic E-state index is -0.783. The van der Waals surface area contributed by atoms with Crippen LogP contribution in [-0.4, -0.2) is 36.4 Å². The molecule has 0 aromatic heterocycles. The van der Waals surface area contributed by atoms with Gasteiger partial charge in [-0.15, -0.1) is 0 Å². The first kappa shape index (κ1) is 86.0. The molecule has 0 aliphatic rings. The van der Waals surface area contributed by atoms with E-state index in [2.05, 4.69) is 148 Å². The zero-order valence-electron chi connectivity index (χ0n) is 59.4. The van der Waals surface area contributed by atoms with Crippen LogP contribution in [0.15, 0.2) is 134 Å². The van der Waals surface area contributed by atoms with Crippen molar-refractivity contribution in [3.8, 4) is 0 Å². The quantitative estimate of drug-likeness (QED) is 0.0373. The van der Waals surface area contributed by atoms with Crippen molar-refractivity contribution in [2.45, 2.75) is 380 Å². The van der Waals surface area contributed by atoms with Gasteiger partial charge in [0, 0.05) is 12.8 Å². The first-order chi connectivity index (χ1) is 44.6. The second kappa shape index (κ2) is 79.3. The molecule has 1 unspecified atom stereocenters. The number of unbranched alkanes of at least 4 members (excludes halogenated alkanes) is 41. The van der Waals surface area contributed by atoms with Crippen molar-refractivity contribution in [1.82, 2.24) is 0 Å². The topological polar surface area (TPSA) is 72.8 Å². The Morgan fingerprint density at radius 1 is 0.267 bits per heavy atom. The molecule has 0 saturated carbocycles. The second-order valence-corrected chi connectivity index (χ2v) is 25.7. The second-order valence-electron chi connectivity index (χ2n) is 25.7. The van der Waals surface area contributed by atoms with E-state index in [1.54, 1.807) is 0 Å². The third kappa shape index (κ3) is 76.5. The number of aliphatic hydroxyl groups is 1. The lowest BCUT2D eigenvalue weighted by Crippen LogP contribution is -2.28. The van der Waals surface area contributed by atoms with Crippen molar-refractivity contribution in [1.29, 1.82) is 0 Å². The van der Waals surface area contributed by atoms with E-state index in [1.165, 1.54) is 244 Å². The monoisotopic (exact) mass is 1250 g/mol. The Bertz CT molecular complexity index is 1800. The highest BCUT2D eigenvalue weighted by Gasteiger charge is 2.16. The predicted molar refractivity (Wildman–Crippen MR) is 398 cm³/mol. The van der Waals surface area contributed by atoms with Gasteiger partial charge in [0.05, 0.1) is 6.61 Å². The number of aliphatic hydroxyl groups excluding tert-OH is 1. The molecule has 0 rings (SSSR count). The van der Waals surface area contributed by atoms with Gasteiger partial charge in [-0.3, -0.25) is 9.59 Å². The largest absolute Gasteiger partial charge is 0.462 e. The number of carbonyl (C=O) groups excluding carboxylic acids is 2. The van der Waals surface area contributed by atoms with Crippen molar-refractivity contribution in [3.05, 3.63) is 134 Å². The van der Waals surface area contributed by atoms with Crippen LogP contribution in [-0.2, 0) is 19.1 Å². The van der Waals surface area contributed by atoms with E-state index < -0.39 is 6.10 Å². The summed E-state index contributed by atoms with van der Waals surface area (Å²) < 4.78 is 10.8. The number of hydrogen-bond acceptors (Lipinski definition) is 5. The van der Waals surface area contributed by atoms with Gasteiger partial charge in [-0.25, -0.2) is 0 Å². The van der Waals surface area contributed by atoms with E-state index in [-0.39, 0.29) is 25.2 Å². The molecular formula is C85H146O5. The Labute approximate surface area is 559 Å². The molecule has 1 N–H and O–H groups in total. The fraction of sp³-hybridized carbons (Fsp3) is 0.718. The minimum Gasteiger partial charge on any atom is -0.462 e. The Kier molecular flexibility index (Phi) is 75.8. The standard InChI is InChI=1S/C85H146O5/c1-3-5-7-9-11-13-15-17-19-21-23-25-27-29-31-33-35-37-39-40-41-42-43-44-46-48-50-52-54-56-58-60-62-64-66-68-70-72-74-76-78-80-85(88)90-83(81-86)82-89-84(87)79-77-75-73-71-69-67-65-63-61-59-57-55-53-51-49-47-45-38-36-34-32-30-28-26-24-22-20-18-16-14-12-10-8-6-4-2/h5,7,11,13,17,19,22-25,29,31,35,37,40-41,43-44,48,50,54,56,83,86H,3-4,6,8-10,12,14-16,18,20-21,26-28,30,32-34,36,38-39,42,45-47,49,51-53,55,57-82H2,1-2H3/b7-5-,13-11-,19-17-,24-22-,25-23-,31-29-,37-35-,41-40-,44-43-,50-48-,56-54-. The van der Waals surface area contributed by atoms with Crippen LogP contribution in [0, 0.1) is 0 Å². The van der Waals surface area contributed by atoms with E-state index in [4.69, 9.17) is 9.47 Å². The van der Waals surface area contributed by atoms with Gasteiger partial charge in [-0.1, -0.05) is 379 Å². The molecule has 0 aromatic rings. The number of hydrogen-bond donors (Lipinski definition) is 1. The van der Waals surface area contributed by atoms with Gasteiger partial charge >= 0.3 is 11.9 Å². The number of allylic oxidation sites excluding steroid dienone is 22. The number of ether oxygens (including phenoxy) is 2. The molecule has 90 heavy (non-hydrogen) atoms. The molecule has 0 radical (unpaired) electrons. The SMILES string of the molecule is CC/C=C\C/C=C\C/C=C\C/C=C\C/C=C\C/C=C\C/C=C\C/C=C\C/C=C\C/C=C\CCCCCCCCCCCCC(=O)OC(CO)COC(=O)CCCCCCCCCCCCCCCCCCCCCCCCC/C=C\CCCCCCCCCC. The van der Waals surface area contributed by atoms with Crippen LogP contribution in [0.1, 0.15) is 373 Å². The van der Waals surface area contributed by atoms with Gasteiger partial charge in [0.15, 0.2) is 6.10 Å². The normalized spacial score (nSPS) is 13.0. The Morgan fingerprint density at radius 2 is 0.478 bits per heavy atom. The van der Waals surface area contributed by atoms with Gasteiger partial charge in [0.25, 0.3) is 0 Å². The summed E-state index contributed by atoms with van der Waals surface area (Å²) in [5, 5.41) is 9.72. The van der Waals surface area contributed by atoms with E-state index in [0.29, 0.717) is 12.8 Å². The van der Waals surface area contributed by atoms with Crippen LogP contribution in [0.4, 0.5) is 0 Å². The molecule has 0 fully saturated rings. The zero-order chi connectivity index (χ0) is 64.7. The van der Waals surface area contributed by atoms with Crippen molar-refractivity contribution in [2.24, 2.45) is 0 Å². The summed E-state index contributed by atoms with van der Waals surface area (Å²) in [6, 6.07) is 0. The summed E-state index contributed by atoms with van der Waals surface area (Å²) in [6.07, 6.45) is 118. The van der Waals surface area contributed by atoms with Crippen LogP contribution in [0.2, 0.25) is 0 Å². The fourth-order valence-electron chi connectivity index (χ4n) is 11.2. The van der Waals surface area contributed by atoms with Crippen molar-refractivity contribution in [2.75, 3.05) is 13.2 Å². The summed E-state index contributed by atoms with van der Waals surface area (Å²) in [5.41, 5.74) is 0. The summed E-state index contributed by atoms with van der Waals surface area (Å²) in [5.74, 6) is -0.586. The van der Waals surface area contributed by atoms with Gasteiger partial charge in [-0.2, -0.15) is 0 Å². The molecule has 1 atom stereocenters. The maximum atomic E-state index is 12.4. The Balaban J connectivity index is 3.49. The van der Waals surface area contributed by atoms with E-state index in [0.717, 1.165) is 103 Å². The summed E-state index contributed by atoms with van der Waals surface area (Å²) in [6.45, 7) is 4.06. The van der Waals surface area contributed by atoms with Crippen molar-refractivity contribution < 1.29 is 24.2 Å². The molecule has 0 aliphatic heterocycles. The summed E-state index contributed by atoms with van der Waals surface area (Å²) in [7, 11) is 0. The highest BCUT2D eigenvalue weighted by molar-refractivity contribution is 5.70. The van der Waals surface area contributed by atoms with Gasteiger partial charge in [0.2, 0.25) is 0 Å². The molecule has 0 saturated heterocycles. The lowest BCUT2D eigenvalue weighted by atomic mass is 10.0. The first-order valence-electron chi connectivity index (χ1n) is 38.7. The van der Waals surface area contributed by atoms with Crippen LogP contribution in [0.3, 0.4) is 0 Å². The lowest BCUT2D eigenvalue weighted by molar-refractivity contribution is -0.161. The fourth-order valence-corrected chi connectivity index (χ4v) is 11.2. The highest BCUT2D eigenvalue weighted by Crippen LogP contribution is 2.18.